The minimum Gasteiger partial charge on any atom is -0.354 e. The van der Waals surface area contributed by atoms with E-state index in [4.69, 9.17) is 0 Å². The van der Waals surface area contributed by atoms with Crippen molar-refractivity contribution in [3.63, 3.8) is 0 Å². The Morgan fingerprint density at radius 3 is 2.50 bits per heavy atom. The molecule has 0 atom stereocenters. The van der Waals surface area contributed by atoms with Crippen LogP contribution in [0.5, 0.6) is 0 Å². The lowest BCUT2D eigenvalue weighted by atomic mass is 10.2. The van der Waals surface area contributed by atoms with Crippen molar-refractivity contribution in [3.05, 3.63) is 59.3 Å². The van der Waals surface area contributed by atoms with Crippen molar-refractivity contribution in [2.24, 2.45) is 0 Å². The van der Waals surface area contributed by atoms with E-state index in [2.05, 4.69) is 27.1 Å². The Morgan fingerprint density at radius 1 is 1.04 bits per heavy atom. The minimum atomic E-state index is -0.556. The van der Waals surface area contributed by atoms with Gasteiger partial charge in [0.15, 0.2) is 0 Å². The van der Waals surface area contributed by atoms with Gasteiger partial charge in [-0.15, -0.1) is 0 Å². The highest BCUT2D eigenvalue weighted by Crippen LogP contribution is 2.14. The van der Waals surface area contributed by atoms with Gasteiger partial charge in [-0.3, -0.25) is 0 Å². The molecular weight excluding hydrogens is 310 g/mol. The molecule has 0 spiro atoms. The first kappa shape index (κ1) is 16.8. The zero-order valence-corrected chi connectivity index (χ0v) is 13.8. The summed E-state index contributed by atoms with van der Waals surface area (Å²) in [6, 6.07) is 7.71. The smallest absolute Gasteiger partial charge is 0.130 e. The number of aromatic nitrogens is 1. The molecule has 3 rings (SSSR count). The number of rotatable bonds is 5. The van der Waals surface area contributed by atoms with E-state index in [1.807, 2.05) is 18.3 Å². The van der Waals surface area contributed by atoms with E-state index >= 15 is 0 Å². The molecule has 1 aromatic carbocycles. The van der Waals surface area contributed by atoms with Gasteiger partial charge in [-0.25, -0.2) is 13.8 Å². The Labute approximate surface area is 141 Å². The Morgan fingerprint density at radius 2 is 1.83 bits per heavy atom. The predicted molar refractivity (Wildman–Crippen MR) is 90.8 cm³/mol. The first-order valence-corrected chi connectivity index (χ1v) is 8.15. The maximum absolute atomic E-state index is 13.6. The van der Waals surface area contributed by atoms with Crippen LogP contribution < -0.4 is 10.2 Å². The van der Waals surface area contributed by atoms with Crippen LogP contribution in [0.2, 0.25) is 0 Å². The van der Waals surface area contributed by atoms with E-state index in [0.717, 1.165) is 43.6 Å². The molecule has 1 aliphatic rings. The van der Waals surface area contributed by atoms with Gasteiger partial charge < -0.3 is 15.1 Å². The summed E-state index contributed by atoms with van der Waals surface area (Å²) >= 11 is 0. The molecule has 2 aromatic rings. The monoisotopic (exact) mass is 332 g/mol. The molecule has 0 radical (unpaired) electrons. The second-order valence-electron chi connectivity index (χ2n) is 6.15. The SMILES string of the molecule is CN1CCN(c2ccc(CNCc3ccc(F)cc3F)cn2)CC1. The highest BCUT2D eigenvalue weighted by atomic mass is 19.1. The molecule has 0 amide bonds. The van der Waals surface area contributed by atoms with Gasteiger partial charge in [0.25, 0.3) is 0 Å². The number of anilines is 1. The summed E-state index contributed by atoms with van der Waals surface area (Å²) in [5.41, 5.74) is 1.49. The van der Waals surface area contributed by atoms with Crippen molar-refractivity contribution >= 4 is 5.82 Å². The molecule has 0 aliphatic carbocycles. The zero-order chi connectivity index (χ0) is 16.9. The van der Waals surface area contributed by atoms with Gasteiger partial charge in [-0.2, -0.15) is 0 Å². The molecular formula is C18H22F2N4. The van der Waals surface area contributed by atoms with Crippen molar-refractivity contribution < 1.29 is 8.78 Å². The maximum atomic E-state index is 13.6. The highest BCUT2D eigenvalue weighted by molar-refractivity contribution is 5.39. The van der Waals surface area contributed by atoms with Crippen LogP contribution in [0.25, 0.3) is 0 Å². The second-order valence-corrected chi connectivity index (χ2v) is 6.15. The number of halogens is 2. The summed E-state index contributed by atoms with van der Waals surface area (Å²) in [6.45, 7) is 5.03. The Kier molecular flexibility index (Phi) is 5.37. The molecule has 1 aliphatic heterocycles. The van der Waals surface area contributed by atoms with E-state index in [1.165, 1.54) is 12.1 Å². The molecule has 1 fully saturated rings. The van der Waals surface area contributed by atoms with E-state index in [-0.39, 0.29) is 0 Å². The van der Waals surface area contributed by atoms with Crippen LogP contribution in [0.15, 0.2) is 36.5 Å². The summed E-state index contributed by atoms with van der Waals surface area (Å²) in [5, 5.41) is 3.16. The number of nitrogens with one attached hydrogen (secondary N) is 1. The summed E-state index contributed by atoms with van der Waals surface area (Å²) in [4.78, 5) is 9.12. The predicted octanol–water partition coefficient (Wildman–Crippen LogP) is 2.40. The molecule has 6 heteroatoms. The van der Waals surface area contributed by atoms with Crippen molar-refractivity contribution in [2.75, 3.05) is 38.1 Å². The van der Waals surface area contributed by atoms with Crippen LogP contribution in [-0.4, -0.2) is 43.1 Å². The fourth-order valence-electron chi connectivity index (χ4n) is 2.75. The summed E-state index contributed by atoms with van der Waals surface area (Å²) in [5.74, 6) is -0.0811. The summed E-state index contributed by atoms with van der Waals surface area (Å²) in [6.07, 6.45) is 1.85. The van der Waals surface area contributed by atoms with Crippen molar-refractivity contribution in [3.8, 4) is 0 Å². The van der Waals surface area contributed by atoms with Crippen molar-refractivity contribution in [1.29, 1.82) is 0 Å². The second kappa shape index (κ2) is 7.68. The molecule has 24 heavy (non-hydrogen) atoms. The molecule has 1 aromatic heterocycles. The molecule has 0 saturated carbocycles. The van der Waals surface area contributed by atoms with E-state index in [9.17, 15) is 8.78 Å². The van der Waals surface area contributed by atoms with Gasteiger partial charge >= 0.3 is 0 Å². The van der Waals surface area contributed by atoms with E-state index in [0.29, 0.717) is 18.7 Å². The Hall–Kier alpha value is -2.05. The molecule has 1 saturated heterocycles. The third-order valence-corrected chi connectivity index (χ3v) is 4.30. The topological polar surface area (TPSA) is 31.4 Å². The molecule has 1 N–H and O–H groups in total. The normalized spacial score (nSPS) is 15.7. The van der Waals surface area contributed by atoms with Gasteiger partial charge in [0, 0.05) is 57.1 Å². The fraction of sp³-hybridized carbons (Fsp3) is 0.389. The van der Waals surface area contributed by atoms with Crippen molar-refractivity contribution in [2.45, 2.75) is 13.1 Å². The van der Waals surface area contributed by atoms with Crippen LogP contribution in [0.4, 0.5) is 14.6 Å². The third kappa shape index (κ3) is 4.27. The number of piperazine rings is 1. The quantitative estimate of drug-likeness (QED) is 0.911. The lowest BCUT2D eigenvalue weighted by Crippen LogP contribution is -2.44. The van der Waals surface area contributed by atoms with E-state index < -0.39 is 11.6 Å². The van der Waals surface area contributed by atoms with Crippen LogP contribution >= 0.6 is 0 Å². The Bertz CT molecular complexity index is 667. The zero-order valence-electron chi connectivity index (χ0n) is 13.8. The number of nitrogens with zero attached hydrogens (tertiary/aromatic N) is 3. The van der Waals surface area contributed by atoms with Crippen LogP contribution in [-0.2, 0) is 13.1 Å². The average molecular weight is 332 g/mol. The molecule has 0 unspecified atom stereocenters. The minimum absolute atomic E-state index is 0.353. The third-order valence-electron chi connectivity index (χ3n) is 4.30. The van der Waals surface area contributed by atoms with Gasteiger partial charge in [-0.05, 0) is 24.7 Å². The van der Waals surface area contributed by atoms with E-state index in [1.54, 1.807) is 0 Å². The van der Waals surface area contributed by atoms with Crippen LogP contribution in [0, 0.1) is 11.6 Å². The maximum Gasteiger partial charge on any atom is 0.130 e. The Balaban J connectivity index is 1.51. The van der Waals surface area contributed by atoms with Gasteiger partial charge in [0.2, 0.25) is 0 Å². The number of hydrogen-bond acceptors (Lipinski definition) is 4. The lowest BCUT2D eigenvalue weighted by molar-refractivity contribution is 0.312. The van der Waals surface area contributed by atoms with Gasteiger partial charge in [-0.1, -0.05) is 12.1 Å². The molecule has 4 nitrogen and oxygen atoms in total. The first-order chi connectivity index (χ1) is 11.6. The summed E-state index contributed by atoms with van der Waals surface area (Å²) < 4.78 is 26.4. The number of likely N-dealkylation sites (N-methyl/N-ethyl adjacent to an activating group) is 1. The standard InChI is InChI=1S/C18H22F2N4/c1-23-6-8-24(9-7-23)18-5-2-14(12-22-18)11-21-13-15-3-4-16(19)10-17(15)20/h2-5,10,12,21H,6-9,11,13H2,1H3. The molecule has 0 bridgehead atoms. The lowest BCUT2D eigenvalue weighted by Gasteiger charge is -2.33. The van der Waals surface area contributed by atoms with Gasteiger partial charge in [0.05, 0.1) is 0 Å². The molecule has 128 valence electrons. The number of pyridine rings is 1. The van der Waals surface area contributed by atoms with Crippen LogP contribution in [0.3, 0.4) is 0 Å². The fourth-order valence-corrected chi connectivity index (χ4v) is 2.75. The highest BCUT2D eigenvalue weighted by Gasteiger charge is 2.14. The van der Waals surface area contributed by atoms with Crippen molar-refractivity contribution in [1.82, 2.24) is 15.2 Å². The van der Waals surface area contributed by atoms with Crippen LogP contribution in [0.1, 0.15) is 11.1 Å². The first-order valence-electron chi connectivity index (χ1n) is 8.15. The largest absolute Gasteiger partial charge is 0.354 e. The number of benzene rings is 1. The average Bonchev–Trinajstić information content (AvgIpc) is 2.58. The summed E-state index contributed by atoms with van der Waals surface area (Å²) in [7, 11) is 2.13. The molecule has 2 heterocycles. The van der Waals surface area contributed by atoms with Gasteiger partial charge in [0.1, 0.15) is 17.5 Å². The number of hydrogen-bond donors (Lipinski definition) is 1.